The standard InChI is InChI=1S/C18H25N5O/c24-18(22-12-14-6-7-16(13-22)20-10-14)19-8-3-9-23-17-5-2-1-4-15(17)11-21-23/h1-2,4-5,11,14,16,20H,3,6-10,12-13H2,(H,19,24)/t14-,16-/m0/s1. The minimum atomic E-state index is 0.0842. The Labute approximate surface area is 142 Å². The average Bonchev–Trinajstić information content (AvgIpc) is 2.79. The summed E-state index contributed by atoms with van der Waals surface area (Å²) in [5.74, 6) is 0.616. The van der Waals surface area contributed by atoms with Gasteiger partial charge in [0.2, 0.25) is 0 Å². The normalized spacial score (nSPS) is 23.4. The molecular weight excluding hydrogens is 302 g/mol. The summed E-state index contributed by atoms with van der Waals surface area (Å²) in [5.41, 5.74) is 1.15. The molecule has 3 saturated heterocycles. The molecule has 5 rings (SSSR count). The van der Waals surface area contributed by atoms with Gasteiger partial charge < -0.3 is 15.5 Å². The van der Waals surface area contributed by atoms with Gasteiger partial charge in [0.05, 0.1) is 11.7 Å². The van der Waals surface area contributed by atoms with Crippen molar-refractivity contribution in [3.05, 3.63) is 30.5 Å². The average molecular weight is 327 g/mol. The fraction of sp³-hybridized carbons (Fsp3) is 0.556. The lowest BCUT2D eigenvalue weighted by atomic mass is 9.97. The number of nitrogens with zero attached hydrogens (tertiary/aromatic N) is 3. The second-order valence-corrected chi connectivity index (χ2v) is 6.97. The Kier molecular flexibility index (Phi) is 4.38. The third kappa shape index (κ3) is 3.24. The van der Waals surface area contributed by atoms with Crippen molar-refractivity contribution in [3.63, 3.8) is 0 Å². The molecule has 0 aliphatic carbocycles. The van der Waals surface area contributed by atoms with E-state index in [1.54, 1.807) is 0 Å². The molecule has 24 heavy (non-hydrogen) atoms. The second-order valence-electron chi connectivity index (χ2n) is 6.97. The largest absolute Gasteiger partial charge is 0.338 e. The van der Waals surface area contributed by atoms with E-state index in [2.05, 4.69) is 27.9 Å². The van der Waals surface area contributed by atoms with E-state index in [0.717, 1.165) is 43.5 Å². The molecule has 0 unspecified atom stereocenters. The molecule has 0 saturated carbocycles. The van der Waals surface area contributed by atoms with E-state index in [9.17, 15) is 4.79 Å². The predicted molar refractivity (Wildman–Crippen MR) is 93.8 cm³/mol. The first-order valence-electron chi connectivity index (χ1n) is 8.96. The smallest absolute Gasteiger partial charge is 0.317 e. The monoisotopic (exact) mass is 327 g/mol. The van der Waals surface area contributed by atoms with E-state index in [-0.39, 0.29) is 6.03 Å². The molecule has 4 heterocycles. The Morgan fingerprint density at radius 3 is 3.08 bits per heavy atom. The number of rotatable bonds is 4. The molecule has 3 aliphatic heterocycles. The van der Waals surface area contributed by atoms with Crippen LogP contribution < -0.4 is 10.6 Å². The molecule has 2 aromatic rings. The van der Waals surface area contributed by atoms with Crippen LogP contribution in [0.2, 0.25) is 0 Å². The Morgan fingerprint density at radius 1 is 1.29 bits per heavy atom. The molecule has 2 bridgehead atoms. The molecule has 3 aliphatic rings. The van der Waals surface area contributed by atoms with Crippen LogP contribution in [0.25, 0.3) is 10.9 Å². The highest BCUT2D eigenvalue weighted by molar-refractivity contribution is 5.78. The first-order valence-corrected chi connectivity index (χ1v) is 8.96. The minimum absolute atomic E-state index is 0.0842. The summed E-state index contributed by atoms with van der Waals surface area (Å²) >= 11 is 0. The highest BCUT2D eigenvalue weighted by Gasteiger charge is 2.30. The molecule has 2 atom stereocenters. The number of nitrogens with one attached hydrogen (secondary N) is 2. The van der Waals surface area contributed by atoms with Gasteiger partial charge in [0.15, 0.2) is 0 Å². The van der Waals surface area contributed by atoms with Gasteiger partial charge >= 0.3 is 6.03 Å². The highest BCUT2D eigenvalue weighted by Crippen LogP contribution is 2.21. The highest BCUT2D eigenvalue weighted by atomic mass is 16.2. The molecule has 1 aromatic carbocycles. The number of para-hydroxylation sites is 1. The van der Waals surface area contributed by atoms with E-state index < -0.39 is 0 Å². The zero-order valence-corrected chi connectivity index (χ0v) is 13.9. The lowest BCUT2D eigenvalue weighted by molar-refractivity contribution is 0.195. The number of hydrogen-bond acceptors (Lipinski definition) is 3. The zero-order chi connectivity index (χ0) is 16.4. The van der Waals surface area contributed by atoms with Crippen LogP contribution in [0.15, 0.2) is 30.5 Å². The van der Waals surface area contributed by atoms with Gasteiger partial charge in [0.25, 0.3) is 0 Å². The Hall–Kier alpha value is -2.08. The number of benzene rings is 1. The third-order valence-electron chi connectivity index (χ3n) is 5.20. The quantitative estimate of drug-likeness (QED) is 0.842. The molecule has 1 aromatic heterocycles. The van der Waals surface area contributed by atoms with E-state index in [1.165, 1.54) is 12.8 Å². The molecule has 0 radical (unpaired) electrons. The maximum atomic E-state index is 12.4. The minimum Gasteiger partial charge on any atom is -0.338 e. The number of hydrogen-bond donors (Lipinski definition) is 2. The van der Waals surface area contributed by atoms with Crippen LogP contribution in [0.3, 0.4) is 0 Å². The summed E-state index contributed by atoms with van der Waals surface area (Å²) < 4.78 is 2.01. The van der Waals surface area contributed by atoms with E-state index in [1.807, 2.05) is 27.9 Å². The van der Waals surface area contributed by atoms with Gasteiger partial charge in [-0.15, -0.1) is 0 Å². The maximum absolute atomic E-state index is 12.4. The molecule has 3 fully saturated rings. The summed E-state index contributed by atoms with van der Waals surface area (Å²) in [5, 5.41) is 12.2. The van der Waals surface area contributed by atoms with Crippen molar-refractivity contribution in [3.8, 4) is 0 Å². The van der Waals surface area contributed by atoms with E-state index in [4.69, 9.17) is 0 Å². The summed E-state index contributed by atoms with van der Waals surface area (Å²) in [6.07, 6.45) is 5.22. The summed E-state index contributed by atoms with van der Waals surface area (Å²) in [4.78, 5) is 14.4. The van der Waals surface area contributed by atoms with Crippen LogP contribution in [0.1, 0.15) is 19.3 Å². The second kappa shape index (κ2) is 6.81. The van der Waals surface area contributed by atoms with Crippen LogP contribution in [0, 0.1) is 5.92 Å². The summed E-state index contributed by atoms with van der Waals surface area (Å²) in [6, 6.07) is 8.77. The number of aromatic nitrogens is 2. The van der Waals surface area contributed by atoms with Gasteiger partial charge in [-0.3, -0.25) is 4.68 Å². The van der Waals surface area contributed by atoms with Crippen molar-refractivity contribution in [1.82, 2.24) is 25.3 Å². The van der Waals surface area contributed by atoms with Crippen molar-refractivity contribution in [2.24, 2.45) is 5.92 Å². The Bertz CT molecular complexity index is 690. The third-order valence-corrected chi connectivity index (χ3v) is 5.20. The van der Waals surface area contributed by atoms with Crippen LogP contribution in [-0.4, -0.2) is 52.9 Å². The fourth-order valence-electron chi connectivity index (χ4n) is 3.84. The van der Waals surface area contributed by atoms with Crippen molar-refractivity contribution < 1.29 is 4.79 Å². The van der Waals surface area contributed by atoms with Gasteiger partial charge in [-0.25, -0.2) is 4.79 Å². The lowest BCUT2D eigenvalue weighted by Crippen LogP contribution is -2.44. The van der Waals surface area contributed by atoms with Crippen LogP contribution in [-0.2, 0) is 6.54 Å². The topological polar surface area (TPSA) is 62.2 Å². The molecule has 2 N–H and O–H groups in total. The van der Waals surface area contributed by atoms with Crippen LogP contribution in [0.4, 0.5) is 4.79 Å². The van der Waals surface area contributed by atoms with Gasteiger partial charge in [-0.05, 0) is 37.8 Å². The van der Waals surface area contributed by atoms with E-state index in [0.29, 0.717) is 18.5 Å². The van der Waals surface area contributed by atoms with Crippen molar-refractivity contribution in [2.75, 3.05) is 26.2 Å². The van der Waals surface area contributed by atoms with Gasteiger partial charge in [-0.1, -0.05) is 18.2 Å². The lowest BCUT2D eigenvalue weighted by Gasteiger charge is -2.23. The Balaban J connectivity index is 1.26. The van der Waals surface area contributed by atoms with Gasteiger partial charge in [0, 0.05) is 37.6 Å². The zero-order valence-electron chi connectivity index (χ0n) is 13.9. The molecule has 2 amide bonds. The van der Waals surface area contributed by atoms with Crippen molar-refractivity contribution in [1.29, 1.82) is 0 Å². The predicted octanol–water partition coefficient (Wildman–Crippen LogP) is 1.82. The number of piperidine rings is 1. The number of amides is 2. The van der Waals surface area contributed by atoms with Gasteiger partial charge in [-0.2, -0.15) is 5.10 Å². The summed E-state index contributed by atoms with van der Waals surface area (Å²) in [7, 11) is 0. The first kappa shape index (κ1) is 15.4. The molecular formula is C18H25N5O. The molecule has 128 valence electrons. The first-order chi connectivity index (χ1) is 11.8. The van der Waals surface area contributed by atoms with Crippen molar-refractivity contribution in [2.45, 2.75) is 31.8 Å². The number of aryl methyl sites for hydroxylation is 1. The number of urea groups is 1. The number of fused-ring (bicyclic) bond motifs is 5. The van der Waals surface area contributed by atoms with Gasteiger partial charge in [0.1, 0.15) is 0 Å². The van der Waals surface area contributed by atoms with E-state index >= 15 is 0 Å². The van der Waals surface area contributed by atoms with Crippen molar-refractivity contribution >= 4 is 16.9 Å². The summed E-state index contributed by atoms with van der Waals surface area (Å²) in [6.45, 7) is 4.29. The fourth-order valence-corrected chi connectivity index (χ4v) is 3.84. The van der Waals surface area contributed by atoms with Crippen LogP contribution >= 0.6 is 0 Å². The SMILES string of the molecule is O=C(NCCCn1ncc2ccccc21)N1C[C@H]2CC[C@@H](C1)NC2. The maximum Gasteiger partial charge on any atom is 0.317 e. The van der Waals surface area contributed by atoms with Crippen LogP contribution in [0.5, 0.6) is 0 Å². The molecule has 6 nitrogen and oxygen atoms in total. The molecule has 0 spiro atoms. The molecule has 6 heteroatoms. The number of carbonyl (C=O) groups is 1. The Morgan fingerprint density at radius 2 is 2.21 bits per heavy atom. The number of carbonyl (C=O) groups excluding carboxylic acids is 1.